The van der Waals surface area contributed by atoms with Crippen molar-refractivity contribution in [2.45, 2.75) is 44.8 Å². The number of rotatable bonds is 5. The first-order chi connectivity index (χ1) is 10.3. The molecule has 21 heavy (non-hydrogen) atoms. The van der Waals surface area contributed by atoms with Crippen molar-refractivity contribution in [3.8, 4) is 11.8 Å². The molecule has 0 amide bonds. The highest BCUT2D eigenvalue weighted by atomic mass is 16.5. The molecule has 3 rings (SSSR count). The van der Waals surface area contributed by atoms with Crippen molar-refractivity contribution in [1.29, 1.82) is 5.26 Å². The lowest BCUT2D eigenvalue weighted by Gasteiger charge is -2.09. The van der Waals surface area contributed by atoms with E-state index in [9.17, 15) is 0 Å². The molecule has 1 aliphatic carbocycles. The number of nitrogens with zero attached hydrogens (tertiary/aromatic N) is 3. The van der Waals surface area contributed by atoms with Crippen molar-refractivity contribution in [2.75, 3.05) is 0 Å². The molecule has 108 valence electrons. The highest BCUT2D eigenvalue weighted by Gasteiger charge is 2.17. The highest BCUT2D eigenvalue weighted by molar-refractivity contribution is 5.28. The van der Waals surface area contributed by atoms with E-state index in [2.05, 4.69) is 22.0 Å². The van der Waals surface area contributed by atoms with Gasteiger partial charge in [-0.2, -0.15) is 10.4 Å². The molecule has 1 aromatic carbocycles. The zero-order chi connectivity index (χ0) is 14.5. The largest absolute Gasteiger partial charge is 0.487 e. The van der Waals surface area contributed by atoms with Gasteiger partial charge in [0.1, 0.15) is 12.4 Å². The SMILES string of the molecule is N#CCc1ccc(OCc2ccn(C3CCCC3)n2)cc1. The minimum Gasteiger partial charge on any atom is -0.487 e. The van der Waals surface area contributed by atoms with Gasteiger partial charge in [0.25, 0.3) is 0 Å². The lowest BCUT2D eigenvalue weighted by atomic mass is 10.2. The van der Waals surface area contributed by atoms with Crippen molar-refractivity contribution in [3.63, 3.8) is 0 Å². The second-order valence-electron chi connectivity index (χ2n) is 5.49. The van der Waals surface area contributed by atoms with Crippen LogP contribution in [-0.4, -0.2) is 9.78 Å². The molecule has 0 bridgehead atoms. The molecule has 0 N–H and O–H groups in total. The zero-order valence-electron chi connectivity index (χ0n) is 12.0. The van der Waals surface area contributed by atoms with Crippen LogP contribution in [0.5, 0.6) is 5.75 Å². The monoisotopic (exact) mass is 281 g/mol. The maximum Gasteiger partial charge on any atom is 0.132 e. The summed E-state index contributed by atoms with van der Waals surface area (Å²) in [5.41, 5.74) is 1.97. The molecule has 0 radical (unpaired) electrons. The predicted octanol–water partition coefficient (Wildman–Crippen LogP) is 3.64. The smallest absolute Gasteiger partial charge is 0.132 e. The Hall–Kier alpha value is -2.28. The first-order valence-electron chi connectivity index (χ1n) is 7.48. The summed E-state index contributed by atoms with van der Waals surface area (Å²) in [7, 11) is 0. The van der Waals surface area contributed by atoms with E-state index in [4.69, 9.17) is 10.00 Å². The van der Waals surface area contributed by atoms with Crippen LogP contribution in [0.25, 0.3) is 0 Å². The second-order valence-corrected chi connectivity index (χ2v) is 5.49. The molecular formula is C17H19N3O. The van der Waals surface area contributed by atoms with Crippen LogP contribution in [0.1, 0.15) is 43.0 Å². The number of hydrogen-bond donors (Lipinski definition) is 0. The molecule has 0 unspecified atom stereocenters. The Labute approximate surface area is 125 Å². The second kappa shape index (κ2) is 6.45. The van der Waals surface area contributed by atoms with Crippen LogP contribution in [0.15, 0.2) is 36.5 Å². The van der Waals surface area contributed by atoms with E-state index in [1.165, 1.54) is 25.7 Å². The van der Waals surface area contributed by atoms with E-state index in [0.29, 0.717) is 19.1 Å². The Kier molecular flexibility index (Phi) is 4.20. The van der Waals surface area contributed by atoms with Gasteiger partial charge in [0.2, 0.25) is 0 Å². The van der Waals surface area contributed by atoms with Crippen LogP contribution in [0, 0.1) is 11.3 Å². The molecular weight excluding hydrogens is 262 g/mol. The molecule has 1 fully saturated rings. The van der Waals surface area contributed by atoms with Crippen LogP contribution in [0.4, 0.5) is 0 Å². The molecule has 0 saturated heterocycles. The third-order valence-electron chi connectivity index (χ3n) is 3.96. The molecule has 1 aliphatic rings. The standard InChI is InChI=1S/C17H19N3O/c18-11-9-14-5-7-17(8-6-14)21-13-15-10-12-20(19-15)16-3-1-2-4-16/h5-8,10,12,16H,1-4,9,13H2. The van der Waals surface area contributed by atoms with Gasteiger partial charge in [-0.15, -0.1) is 0 Å². The summed E-state index contributed by atoms with van der Waals surface area (Å²) in [6.07, 6.45) is 7.60. The summed E-state index contributed by atoms with van der Waals surface area (Å²) < 4.78 is 7.83. The van der Waals surface area contributed by atoms with Gasteiger partial charge < -0.3 is 4.74 Å². The first kappa shape index (κ1) is 13.7. The van der Waals surface area contributed by atoms with E-state index >= 15 is 0 Å². The maximum absolute atomic E-state index is 8.64. The van der Waals surface area contributed by atoms with E-state index in [1.54, 1.807) is 0 Å². The molecule has 0 spiro atoms. The molecule has 0 atom stereocenters. The lowest BCUT2D eigenvalue weighted by molar-refractivity contribution is 0.298. The number of aromatic nitrogens is 2. The van der Waals surface area contributed by atoms with Crippen molar-refractivity contribution in [3.05, 3.63) is 47.8 Å². The average molecular weight is 281 g/mol. The Balaban J connectivity index is 1.56. The van der Waals surface area contributed by atoms with Crippen molar-refractivity contribution >= 4 is 0 Å². The van der Waals surface area contributed by atoms with Crippen LogP contribution in [-0.2, 0) is 13.0 Å². The van der Waals surface area contributed by atoms with Gasteiger partial charge in [-0.05, 0) is 36.6 Å². The summed E-state index contributed by atoms with van der Waals surface area (Å²) in [6.45, 7) is 0.483. The summed E-state index contributed by atoms with van der Waals surface area (Å²) in [5, 5.41) is 13.2. The van der Waals surface area contributed by atoms with E-state index in [0.717, 1.165) is 17.0 Å². The number of ether oxygens (including phenoxy) is 1. The Morgan fingerprint density at radius 3 is 2.67 bits per heavy atom. The quantitative estimate of drug-likeness (QED) is 0.840. The average Bonchev–Trinajstić information content (AvgIpc) is 3.18. The van der Waals surface area contributed by atoms with Crippen LogP contribution in [0.2, 0.25) is 0 Å². The molecule has 0 aliphatic heterocycles. The molecule has 4 heteroatoms. The highest BCUT2D eigenvalue weighted by Crippen LogP contribution is 2.28. The third kappa shape index (κ3) is 3.43. The van der Waals surface area contributed by atoms with Gasteiger partial charge in [-0.25, -0.2) is 0 Å². The van der Waals surface area contributed by atoms with E-state index in [1.807, 2.05) is 30.3 Å². The minimum atomic E-state index is 0.437. The summed E-state index contributed by atoms with van der Waals surface area (Å²) in [5.74, 6) is 0.812. The van der Waals surface area contributed by atoms with Crippen molar-refractivity contribution < 1.29 is 4.74 Å². The van der Waals surface area contributed by atoms with Gasteiger partial charge in [-0.1, -0.05) is 25.0 Å². The maximum atomic E-state index is 8.64. The Morgan fingerprint density at radius 2 is 1.95 bits per heavy atom. The van der Waals surface area contributed by atoms with Gasteiger partial charge in [0.15, 0.2) is 0 Å². The molecule has 2 aromatic rings. The van der Waals surface area contributed by atoms with Crippen LogP contribution < -0.4 is 4.74 Å². The number of benzene rings is 1. The fourth-order valence-electron chi connectivity index (χ4n) is 2.78. The molecule has 4 nitrogen and oxygen atoms in total. The zero-order valence-corrected chi connectivity index (χ0v) is 12.0. The van der Waals surface area contributed by atoms with Gasteiger partial charge >= 0.3 is 0 Å². The number of nitriles is 1. The van der Waals surface area contributed by atoms with Gasteiger partial charge in [-0.3, -0.25) is 4.68 Å². The third-order valence-corrected chi connectivity index (χ3v) is 3.96. The Bertz CT molecular complexity index is 618. The molecule has 1 aromatic heterocycles. The molecule has 1 saturated carbocycles. The van der Waals surface area contributed by atoms with E-state index < -0.39 is 0 Å². The topological polar surface area (TPSA) is 50.8 Å². The van der Waals surface area contributed by atoms with Crippen molar-refractivity contribution in [2.24, 2.45) is 0 Å². The molecule has 1 heterocycles. The summed E-state index contributed by atoms with van der Waals surface area (Å²) in [4.78, 5) is 0. The lowest BCUT2D eigenvalue weighted by Crippen LogP contribution is -2.06. The fourth-order valence-corrected chi connectivity index (χ4v) is 2.78. The normalized spacial score (nSPS) is 15.0. The Morgan fingerprint density at radius 1 is 1.19 bits per heavy atom. The van der Waals surface area contributed by atoms with E-state index in [-0.39, 0.29) is 0 Å². The first-order valence-corrected chi connectivity index (χ1v) is 7.48. The fraction of sp³-hybridized carbons (Fsp3) is 0.412. The number of hydrogen-bond acceptors (Lipinski definition) is 3. The summed E-state index contributed by atoms with van der Waals surface area (Å²) >= 11 is 0. The van der Waals surface area contributed by atoms with Gasteiger partial charge in [0.05, 0.1) is 24.2 Å². The summed E-state index contributed by atoms with van der Waals surface area (Å²) in [6, 6.07) is 12.4. The minimum absolute atomic E-state index is 0.437. The van der Waals surface area contributed by atoms with Gasteiger partial charge in [0, 0.05) is 6.20 Å². The predicted molar refractivity (Wildman–Crippen MR) is 79.8 cm³/mol. The van der Waals surface area contributed by atoms with Crippen molar-refractivity contribution in [1.82, 2.24) is 9.78 Å². The van der Waals surface area contributed by atoms with Crippen LogP contribution >= 0.6 is 0 Å². The van der Waals surface area contributed by atoms with Crippen LogP contribution in [0.3, 0.4) is 0 Å².